The number of carbonyl (C=O) groups excluding carboxylic acids is 4. The second kappa shape index (κ2) is 15.1. The number of ether oxygens (including phenoxy) is 1. The SMILES string of the molecule is CC(C)C(NC(=O)OCc1cccc(Cl)c1)C(=O)N1CCCC1C(=O)NC(CCCN=C(N)N)C(=O)CF. The number of benzene rings is 1. The zero-order valence-corrected chi connectivity index (χ0v) is 22.4. The molecule has 3 atom stereocenters. The molecule has 1 saturated heterocycles. The number of nitrogens with zero attached hydrogens (tertiary/aromatic N) is 2. The molecule has 1 fully saturated rings. The van der Waals surface area contributed by atoms with Crippen molar-refractivity contribution < 1.29 is 28.3 Å². The lowest BCUT2D eigenvalue weighted by atomic mass is 10.0. The van der Waals surface area contributed by atoms with Crippen LogP contribution >= 0.6 is 11.6 Å². The average Bonchev–Trinajstić information content (AvgIpc) is 3.37. The highest BCUT2D eigenvalue weighted by atomic mass is 35.5. The van der Waals surface area contributed by atoms with E-state index in [1.54, 1.807) is 38.1 Å². The normalized spacial score (nSPS) is 16.4. The van der Waals surface area contributed by atoms with Crippen LogP contribution in [-0.2, 0) is 25.7 Å². The monoisotopic (exact) mass is 554 g/mol. The molecule has 0 bridgehead atoms. The van der Waals surface area contributed by atoms with Crippen molar-refractivity contribution in [2.45, 2.75) is 64.3 Å². The largest absolute Gasteiger partial charge is 0.445 e. The molecule has 6 N–H and O–H groups in total. The summed E-state index contributed by atoms with van der Waals surface area (Å²) in [5.41, 5.74) is 11.3. The molecule has 1 aromatic rings. The zero-order chi connectivity index (χ0) is 28.2. The minimum absolute atomic E-state index is 0.0344. The van der Waals surface area contributed by atoms with Gasteiger partial charge in [0.25, 0.3) is 0 Å². The molecular weight excluding hydrogens is 519 g/mol. The van der Waals surface area contributed by atoms with E-state index in [2.05, 4.69) is 15.6 Å². The summed E-state index contributed by atoms with van der Waals surface area (Å²) in [5.74, 6) is -2.19. The minimum atomic E-state index is -1.24. The number of nitrogens with two attached hydrogens (primary N) is 2. The number of alkyl halides is 1. The Bertz CT molecular complexity index is 1020. The molecular formula is C25H36ClFN6O5. The minimum Gasteiger partial charge on any atom is -0.445 e. The first kappa shape index (κ1) is 30.8. The van der Waals surface area contributed by atoms with Crippen LogP contribution in [0.4, 0.5) is 9.18 Å². The molecule has 1 aliphatic rings. The summed E-state index contributed by atoms with van der Waals surface area (Å²) in [7, 11) is 0. The van der Waals surface area contributed by atoms with Crippen molar-refractivity contribution in [3.05, 3.63) is 34.9 Å². The molecule has 0 aromatic heterocycles. The fraction of sp³-hybridized carbons (Fsp3) is 0.560. The number of halogens is 2. The molecule has 1 aliphatic heterocycles. The van der Waals surface area contributed by atoms with E-state index < -0.39 is 48.5 Å². The van der Waals surface area contributed by atoms with Crippen molar-refractivity contribution in [2.75, 3.05) is 19.8 Å². The van der Waals surface area contributed by atoms with Gasteiger partial charge in [-0.3, -0.25) is 19.4 Å². The number of Topliss-reactive ketones (excluding diaryl/α,β-unsaturated/α-hetero) is 1. The number of amides is 3. The predicted molar refractivity (Wildman–Crippen MR) is 141 cm³/mol. The third-order valence-electron chi connectivity index (χ3n) is 6.09. The number of guanidine groups is 1. The maximum absolute atomic E-state index is 13.4. The van der Waals surface area contributed by atoms with Crippen LogP contribution in [0.15, 0.2) is 29.3 Å². The first-order chi connectivity index (χ1) is 18.0. The highest BCUT2D eigenvalue weighted by Crippen LogP contribution is 2.21. The van der Waals surface area contributed by atoms with Gasteiger partial charge >= 0.3 is 6.09 Å². The Hall–Kier alpha value is -3.41. The summed E-state index contributed by atoms with van der Waals surface area (Å²) in [6.07, 6.45) is 0.623. The maximum Gasteiger partial charge on any atom is 0.408 e. The van der Waals surface area contributed by atoms with Gasteiger partial charge < -0.3 is 31.7 Å². The Balaban J connectivity index is 2.02. The Kier molecular flexibility index (Phi) is 12.3. The maximum atomic E-state index is 13.4. The van der Waals surface area contributed by atoms with Crippen molar-refractivity contribution in [3.63, 3.8) is 0 Å². The van der Waals surface area contributed by atoms with Gasteiger partial charge in [-0.2, -0.15) is 0 Å². The number of hydrogen-bond acceptors (Lipinski definition) is 6. The van der Waals surface area contributed by atoms with Gasteiger partial charge in [0.1, 0.15) is 25.4 Å². The average molecular weight is 555 g/mol. The van der Waals surface area contributed by atoms with Gasteiger partial charge in [0, 0.05) is 18.1 Å². The van der Waals surface area contributed by atoms with Gasteiger partial charge in [0.2, 0.25) is 11.8 Å². The van der Waals surface area contributed by atoms with Crippen molar-refractivity contribution in [3.8, 4) is 0 Å². The van der Waals surface area contributed by atoms with E-state index in [-0.39, 0.29) is 31.4 Å². The van der Waals surface area contributed by atoms with E-state index in [1.807, 2.05) is 0 Å². The molecule has 3 unspecified atom stereocenters. The highest BCUT2D eigenvalue weighted by Gasteiger charge is 2.39. The molecule has 1 aromatic carbocycles. The third kappa shape index (κ3) is 9.47. The van der Waals surface area contributed by atoms with Crippen molar-refractivity contribution in [1.82, 2.24) is 15.5 Å². The first-order valence-electron chi connectivity index (χ1n) is 12.5. The van der Waals surface area contributed by atoms with Gasteiger partial charge in [0.15, 0.2) is 11.7 Å². The molecule has 0 radical (unpaired) electrons. The fourth-order valence-electron chi connectivity index (χ4n) is 4.12. The van der Waals surface area contributed by atoms with Gasteiger partial charge in [-0.1, -0.05) is 37.6 Å². The van der Waals surface area contributed by atoms with Gasteiger partial charge in [-0.25, -0.2) is 9.18 Å². The van der Waals surface area contributed by atoms with E-state index in [1.165, 1.54) is 4.90 Å². The summed E-state index contributed by atoms with van der Waals surface area (Å²) in [4.78, 5) is 56.2. The fourth-order valence-corrected chi connectivity index (χ4v) is 4.33. The van der Waals surface area contributed by atoms with Crippen molar-refractivity contribution in [2.24, 2.45) is 22.4 Å². The summed E-state index contributed by atoms with van der Waals surface area (Å²) in [6.45, 7) is 2.77. The number of alkyl carbamates (subject to hydrolysis) is 1. The van der Waals surface area contributed by atoms with E-state index in [9.17, 15) is 23.6 Å². The number of aliphatic imine (C=N–C) groups is 1. The van der Waals surface area contributed by atoms with Crippen LogP contribution in [0.25, 0.3) is 0 Å². The molecule has 38 heavy (non-hydrogen) atoms. The Morgan fingerprint density at radius 2 is 1.97 bits per heavy atom. The molecule has 3 amide bonds. The second-order valence-electron chi connectivity index (χ2n) is 9.37. The summed E-state index contributed by atoms with van der Waals surface area (Å²) in [6, 6.07) is 3.96. The number of ketones is 1. The summed E-state index contributed by atoms with van der Waals surface area (Å²) >= 11 is 5.95. The lowest BCUT2D eigenvalue weighted by Crippen LogP contribution is -2.56. The van der Waals surface area contributed by atoms with E-state index in [0.717, 1.165) is 0 Å². The van der Waals surface area contributed by atoms with E-state index in [4.69, 9.17) is 27.8 Å². The molecule has 0 spiro atoms. The Morgan fingerprint density at radius 3 is 2.61 bits per heavy atom. The molecule has 1 heterocycles. The van der Waals surface area contributed by atoms with Crippen LogP contribution in [0, 0.1) is 5.92 Å². The molecule has 210 valence electrons. The number of rotatable bonds is 13. The lowest BCUT2D eigenvalue weighted by Gasteiger charge is -2.31. The van der Waals surface area contributed by atoms with Gasteiger partial charge in [-0.05, 0) is 49.3 Å². The number of hydrogen-bond donors (Lipinski definition) is 4. The standard InChI is InChI=1S/C25H36ClFN6O5/c1-15(2)21(32-25(37)38-14-16-6-3-7-17(26)12-16)23(36)33-11-5-9-19(33)22(35)31-18(20(34)13-27)8-4-10-30-24(28)29/h3,6-7,12,15,18-19,21H,4-5,8-11,13-14H2,1-2H3,(H,31,35)(H,32,37)(H4,28,29,30). The van der Waals surface area contributed by atoms with Crippen LogP contribution in [-0.4, -0.2) is 72.4 Å². The molecule has 2 rings (SSSR count). The van der Waals surface area contributed by atoms with Crippen molar-refractivity contribution in [1.29, 1.82) is 0 Å². The number of likely N-dealkylation sites (tertiary alicyclic amines) is 1. The van der Waals surface area contributed by atoms with Crippen molar-refractivity contribution >= 4 is 41.3 Å². The van der Waals surface area contributed by atoms with Gasteiger partial charge in [-0.15, -0.1) is 0 Å². The summed E-state index contributed by atoms with van der Waals surface area (Å²) < 4.78 is 18.4. The third-order valence-corrected chi connectivity index (χ3v) is 6.32. The quantitative estimate of drug-likeness (QED) is 0.163. The Morgan fingerprint density at radius 1 is 1.24 bits per heavy atom. The molecule has 13 heteroatoms. The zero-order valence-electron chi connectivity index (χ0n) is 21.6. The van der Waals surface area contributed by atoms with Gasteiger partial charge in [0.05, 0.1) is 6.04 Å². The molecule has 0 aliphatic carbocycles. The van der Waals surface area contributed by atoms with Crippen LogP contribution in [0.2, 0.25) is 5.02 Å². The lowest BCUT2D eigenvalue weighted by molar-refractivity contribution is -0.141. The van der Waals surface area contributed by atoms with E-state index in [0.29, 0.717) is 36.4 Å². The summed E-state index contributed by atoms with van der Waals surface area (Å²) in [5, 5.41) is 5.68. The molecule has 11 nitrogen and oxygen atoms in total. The smallest absolute Gasteiger partial charge is 0.408 e. The highest BCUT2D eigenvalue weighted by molar-refractivity contribution is 6.30. The van der Waals surface area contributed by atoms with Crippen LogP contribution in [0.1, 0.15) is 45.1 Å². The number of carbonyl (C=O) groups is 4. The number of nitrogens with one attached hydrogen (secondary N) is 2. The van der Waals surface area contributed by atoms with Crippen LogP contribution < -0.4 is 22.1 Å². The van der Waals surface area contributed by atoms with Crippen LogP contribution in [0.3, 0.4) is 0 Å². The van der Waals surface area contributed by atoms with E-state index >= 15 is 0 Å². The topological polar surface area (TPSA) is 169 Å². The second-order valence-corrected chi connectivity index (χ2v) is 9.81. The predicted octanol–water partition coefficient (Wildman–Crippen LogP) is 1.66. The van der Waals surface area contributed by atoms with Crippen LogP contribution in [0.5, 0.6) is 0 Å². The first-order valence-corrected chi connectivity index (χ1v) is 12.8. The molecule has 0 saturated carbocycles. The Labute approximate surface area is 226 Å².